The summed E-state index contributed by atoms with van der Waals surface area (Å²) in [4.78, 5) is 17.0. The van der Waals surface area contributed by atoms with E-state index in [1.165, 1.54) is 7.11 Å². The Morgan fingerprint density at radius 1 is 1.27 bits per heavy atom. The van der Waals surface area contributed by atoms with Gasteiger partial charge in [0.05, 0.1) is 5.39 Å². The lowest BCUT2D eigenvalue weighted by Crippen LogP contribution is -2.28. The maximum atomic E-state index is 11.5. The van der Waals surface area contributed by atoms with Crippen LogP contribution in [0.5, 0.6) is 0 Å². The SMILES string of the molecule is CC.COn1nnc2ccccc2c1=O. The summed E-state index contributed by atoms with van der Waals surface area (Å²) in [5, 5.41) is 7.86. The third kappa shape index (κ3) is 2.12. The van der Waals surface area contributed by atoms with Crippen LogP contribution in [0, 0.1) is 0 Å². The van der Waals surface area contributed by atoms with Crippen LogP contribution in [0.15, 0.2) is 29.1 Å². The van der Waals surface area contributed by atoms with Gasteiger partial charge in [-0.05, 0) is 22.2 Å². The average molecular weight is 207 g/mol. The Labute approximate surface area is 87.2 Å². The predicted molar refractivity (Wildman–Crippen MR) is 57.7 cm³/mol. The van der Waals surface area contributed by atoms with E-state index < -0.39 is 0 Å². The quantitative estimate of drug-likeness (QED) is 0.696. The molecule has 2 aromatic rings. The van der Waals surface area contributed by atoms with Gasteiger partial charge < -0.3 is 4.84 Å². The minimum atomic E-state index is -0.298. The van der Waals surface area contributed by atoms with Gasteiger partial charge in [-0.25, -0.2) is 0 Å². The lowest BCUT2D eigenvalue weighted by molar-refractivity contribution is 0.115. The number of hydrogen-bond donors (Lipinski definition) is 0. The van der Waals surface area contributed by atoms with Gasteiger partial charge in [0, 0.05) is 0 Å². The van der Waals surface area contributed by atoms with Crippen molar-refractivity contribution in [3.8, 4) is 0 Å². The Hall–Kier alpha value is -1.91. The lowest BCUT2D eigenvalue weighted by atomic mass is 10.2. The first-order valence-electron chi connectivity index (χ1n) is 4.72. The van der Waals surface area contributed by atoms with E-state index in [9.17, 15) is 4.79 Å². The molecule has 2 rings (SSSR count). The summed E-state index contributed by atoms with van der Waals surface area (Å²) in [5.74, 6) is 0. The molecule has 0 N–H and O–H groups in total. The molecule has 0 amide bonds. The summed E-state index contributed by atoms with van der Waals surface area (Å²) >= 11 is 0. The van der Waals surface area contributed by atoms with Gasteiger partial charge in [-0.2, -0.15) is 0 Å². The summed E-state index contributed by atoms with van der Waals surface area (Å²) in [6.45, 7) is 4.00. The Morgan fingerprint density at radius 2 is 1.93 bits per heavy atom. The number of nitrogens with zero attached hydrogens (tertiary/aromatic N) is 3. The molecule has 0 aliphatic heterocycles. The van der Waals surface area contributed by atoms with Crippen molar-refractivity contribution in [2.24, 2.45) is 0 Å². The van der Waals surface area contributed by atoms with Crippen molar-refractivity contribution in [1.82, 2.24) is 15.2 Å². The Kier molecular flexibility index (Phi) is 3.79. The van der Waals surface area contributed by atoms with Crippen LogP contribution in [-0.4, -0.2) is 22.3 Å². The second-order valence-electron chi connectivity index (χ2n) is 2.47. The second-order valence-corrected chi connectivity index (χ2v) is 2.47. The molecule has 1 aromatic heterocycles. The molecule has 0 bridgehead atoms. The number of rotatable bonds is 1. The highest BCUT2D eigenvalue weighted by molar-refractivity contribution is 5.76. The minimum absolute atomic E-state index is 0.298. The molecule has 0 aliphatic rings. The zero-order valence-corrected chi connectivity index (χ0v) is 8.97. The van der Waals surface area contributed by atoms with Crippen molar-refractivity contribution >= 4 is 10.9 Å². The molecule has 0 saturated carbocycles. The number of fused-ring (bicyclic) bond motifs is 1. The highest BCUT2D eigenvalue weighted by Gasteiger charge is 2.02. The summed E-state index contributed by atoms with van der Waals surface area (Å²) < 4.78 is 0. The van der Waals surface area contributed by atoms with E-state index in [-0.39, 0.29) is 5.56 Å². The van der Waals surface area contributed by atoms with E-state index in [0.717, 1.165) is 4.85 Å². The lowest BCUT2D eigenvalue weighted by Gasteiger charge is -2.00. The molecule has 0 saturated heterocycles. The maximum absolute atomic E-state index is 11.5. The van der Waals surface area contributed by atoms with E-state index in [1.54, 1.807) is 24.3 Å². The van der Waals surface area contributed by atoms with E-state index >= 15 is 0 Å². The maximum Gasteiger partial charge on any atom is 0.314 e. The van der Waals surface area contributed by atoms with Crippen LogP contribution in [0.2, 0.25) is 0 Å². The predicted octanol–water partition coefficient (Wildman–Crippen LogP) is 0.876. The molecule has 80 valence electrons. The molecular weight excluding hydrogens is 194 g/mol. The normalized spacial score (nSPS) is 9.27. The van der Waals surface area contributed by atoms with Crippen LogP contribution < -0.4 is 10.4 Å². The summed E-state index contributed by atoms with van der Waals surface area (Å²) in [7, 11) is 1.37. The largest absolute Gasteiger partial charge is 0.396 e. The van der Waals surface area contributed by atoms with Gasteiger partial charge in [-0.1, -0.05) is 26.0 Å². The zero-order chi connectivity index (χ0) is 11.3. The fourth-order valence-corrected chi connectivity index (χ4v) is 1.09. The molecule has 1 aromatic carbocycles. The first-order valence-corrected chi connectivity index (χ1v) is 4.72. The number of aromatic nitrogens is 3. The van der Waals surface area contributed by atoms with Gasteiger partial charge in [0.1, 0.15) is 12.6 Å². The van der Waals surface area contributed by atoms with Gasteiger partial charge in [-0.3, -0.25) is 4.79 Å². The van der Waals surface area contributed by atoms with Gasteiger partial charge >= 0.3 is 5.56 Å². The van der Waals surface area contributed by atoms with Crippen molar-refractivity contribution in [1.29, 1.82) is 0 Å². The van der Waals surface area contributed by atoms with Crippen LogP contribution in [0.3, 0.4) is 0 Å². The van der Waals surface area contributed by atoms with Crippen LogP contribution in [0.1, 0.15) is 13.8 Å². The van der Waals surface area contributed by atoms with Crippen LogP contribution in [-0.2, 0) is 0 Å². The van der Waals surface area contributed by atoms with Crippen LogP contribution in [0.4, 0.5) is 0 Å². The molecule has 0 fully saturated rings. The second kappa shape index (κ2) is 5.09. The zero-order valence-electron chi connectivity index (χ0n) is 8.97. The molecule has 0 radical (unpaired) electrons. The van der Waals surface area contributed by atoms with Crippen LogP contribution in [0.25, 0.3) is 10.9 Å². The molecule has 0 unspecified atom stereocenters. The fourth-order valence-electron chi connectivity index (χ4n) is 1.09. The van der Waals surface area contributed by atoms with Gasteiger partial charge in [0.2, 0.25) is 0 Å². The summed E-state index contributed by atoms with van der Waals surface area (Å²) in [6.07, 6.45) is 0. The fraction of sp³-hybridized carbons (Fsp3) is 0.300. The molecule has 5 nitrogen and oxygen atoms in total. The molecule has 0 spiro atoms. The minimum Gasteiger partial charge on any atom is -0.396 e. The van der Waals surface area contributed by atoms with Crippen LogP contribution >= 0.6 is 0 Å². The first-order chi connectivity index (χ1) is 7.33. The molecular formula is C10H13N3O2. The topological polar surface area (TPSA) is 57.0 Å². The Morgan fingerprint density at radius 3 is 2.60 bits per heavy atom. The van der Waals surface area contributed by atoms with Gasteiger partial charge in [-0.15, -0.1) is 5.10 Å². The molecule has 0 atom stereocenters. The summed E-state index contributed by atoms with van der Waals surface area (Å²) in [5.41, 5.74) is 0.272. The van der Waals surface area contributed by atoms with Crippen molar-refractivity contribution in [3.63, 3.8) is 0 Å². The van der Waals surface area contributed by atoms with E-state index in [2.05, 4.69) is 15.1 Å². The Balaban J connectivity index is 0.000000531. The third-order valence-corrected chi connectivity index (χ3v) is 1.71. The number of hydrogen-bond acceptors (Lipinski definition) is 4. The van der Waals surface area contributed by atoms with Crippen molar-refractivity contribution < 1.29 is 4.84 Å². The highest BCUT2D eigenvalue weighted by Crippen LogP contribution is 2.02. The van der Waals surface area contributed by atoms with Gasteiger partial charge in [0.15, 0.2) is 0 Å². The van der Waals surface area contributed by atoms with E-state index in [1.807, 2.05) is 13.8 Å². The van der Waals surface area contributed by atoms with E-state index in [4.69, 9.17) is 0 Å². The third-order valence-electron chi connectivity index (χ3n) is 1.71. The highest BCUT2D eigenvalue weighted by atomic mass is 16.7. The van der Waals surface area contributed by atoms with E-state index in [0.29, 0.717) is 10.9 Å². The van der Waals surface area contributed by atoms with Crippen molar-refractivity contribution in [2.75, 3.05) is 7.11 Å². The van der Waals surface area contributed by atoms with Gasteiger partial charge in [0.25, 0.3) is 0 Å². The molecule has 1 heterocycles. The molecule has 0 aliphatic carbocycles. The molecule has 5 heteroatoms. The summed E-state index contributed by atoms with van der Waals surface area (Å²) in [6, 6.07) is 6.98. The Bertz CT molecular complexity index is 493. The standard InChI is InChI=1S/C8H7N3O2.C2H6/c1-13-11-8(12)6-4-2-3-5-7(6)9-10-11;1-2/h2-5H,1H3;1-2H3. The average Bonchev–Trinajstić information content (AvgIpc) is 2.33. The number of benzene rings is 1. The van der Waals surface area contributed by atoms with Crippen molar-refractivity contribution in [2.45, 2.75) is 13.8 Å². The van der Waals surface area contributed by atoms with Crippen molar-refractivity contribution in [3.05, 3.63) is 34.6 Å². The molecule has 15 heavy (non-hydrogen) atoms. The first kappa shape index (κ1) is 11.2. The smallest absolute Gasteiger partial charge is 0.314 e. The monoisotopic (exact) mass is 207 g/mol.